The Balaban J connectivity index is 1.68. The Kier molecular flexibility index (Phi) is 6.67. The first-order chi connectivity index (χ1) is 16.5. The first-order valence-corrected chi connectivity index (χ1v) is 10.5. The normalized spacial score (nSPS) is 10.7. The number of carbonyl (C=O) groups excluding carboxylic acids is 1. The lowest BCUT2D eigenvalue weighted by Gasteiger charge is -2.15. The molecule has 0 saturated carbocycles. The molecular formula is C22H24N8O4. The van der Waals surface area contributed by atoms with Crippen molar-refractivity contribution in [3.05, 3.63) is 53.8 Å². The third-order valence-electron chi connectivity index (χ3n) is 4.72. The summed E-state index contributed by atoms with van der Waals surface area (Å²) in [6.07, 6.45) is 5.04. The fraction of sp³-hybridized carbons (Fsp3) is 0.273. The standard InChI is InChI=1S/C22H24N8O4/c1-5-33-21(31)16-11-24-22(23-9-14-10-25-30(3)12-14)27-19(16)26-17-8-6-7-15(18(17)32-4)20-29-28-13(2)34-20/h6-8,10-12H,5,9H2,1-4H3,(H2,23,24,26,27). The third-order valence-corrected chi connectivity index (χ3v) is 4.72. The van der Waals surface area contributed by atoms with Crippen molar-refractivity contribution in [2.75, 3.05) is 24.4 Å². The molecule has 4 rings (SSSR count). The number of methoxy groups -OCH3 is 1. The summed E-state index contributed by atoms with van der Waals surface area (Å²) >= 11 is 0. The number of nitrogens with one attached hydrogen (secondary N) is 2. The Bertz CT molecular complexity index is 1300. The van der Waals surface area contributed by atoms with E-state index in [9.17, 15) is 4.79 Å². The number of hydrogen-bond donors (Lipinski definition) is 2. The van der Waals surface area contributed by atoms with Crippen molar-refractivity contribution in [1.29, 1.82) is 0 Å². The minimum Gasteiger partial charge on any atom is -0.494 e. The summed E-state index contributed by atoms with van der Waals surface area (Å²) < 4.78 is 18.1. The van der Waals surface area contributed by atoms with Gasteiger partial charge in [0.2, 0.25) is 11.8 Å². The molecule has 0 aliphatic rings. The van der Waals surface area contributed by atoms with Gasteiger partial charge in [-0.3, -0.25) is 4.68 Å². The highest BCUT2D eigenvalue weighted by Gasteiger charge is 2.20. The van der Waals surface area contributed by atoms with E-state index in [-0.39, 0.29) is 18.0 Å². The van der Waals surface area contributed by atoms with E-state index in [1.165, 1.54) is 13.3 Å². The van der Waals surface area contributed by atoms with E-state index in [1.54, 1.807) is 42.9 Å². The summed E-state index contributed by atoms with van der Waals surface area (Å²) in [7, 11) is 3.37. The van der Waals surface area contributed by atoms with Crippen molar-refractivity contribution >= 4 is 23.4 Å². The molecule has 4 aromatic rings. The van der Waals surface area contributed by atoms with E-state index in [4.69, 9.17) is 13.9 Å². The molecule has 0 radical (unpaired) electrons. The summed E-state index contributed by atoms with van der Waals surface area (Å²) in [6, 6.07) is 5.38. The van der Waals surface area contributed by atoms with Gasteiger partial charge in [0.15, 0.2) is 11.6 Å². The molecule has 0 aliphatic heterocycles. The molecule has 12 heteroatoms. The topological polar surface area (TPSA) is 142 Å². The highest BCUT2D eigenvalue weighted by atomic mass is 16.5. The monoisotopic (exact) mass is 464 g/mol. The zero-order valence-corrected chi connectivity index (χ0v) is 19.2. The molecule has 1 aromatic carbocycles. The fourth-order valence-electron chi connectivity index (χ4n) is 3.22. The quantitative estimate of drug-likeness (QED) is 0.353. The van der Waals surface area contributed by atoms with Crippen molar-refractivity contribution in [2.45, 2.75) is 20.4 Å². The molecule has 176 valence electrons. The van der Waals surface area contributed by atoms with E-state index < -0.39 is 5.97 Å². The maximum absolute atomic E-state index is 12.6. The van der Waals surface area contributed by atoms with E-state index >= 15 is 0 Å². The van der Waals surface area contributed by atoms with Gasteiger partial charge in [0, 0.05) is 38.5 Å². The Hall–Kier alpha value is -4.48. The highest BCUT2D eigenvalue weighted by Crippen LogP contribution is 2.37. The smallest absolute Gasteiger partial charge is 0.343 e. The number of benzene rings is 1. The number of aryl methyl sites for hydroxylation is 2. The van der Waals surface area contributed by atoms with E-state index in [2.05, 4.69) is 35.9 Å². The largest absolute Gasteiger partial charge is 0.494 e. The minimum atomic E-state index is -0.550. The summed E-state index contributed by atoms with van der Waals surface area (Å²) in [5, 5.41) is 18.4. The Morgan fingerprint density at radius 2 is 2.09 bits per heavy atom. The van der Waals surface area contributed by atoms with Crippen molar-refractivity contribution in [1.82, 2.24) is 29.9 Å². The maximum Gasteiger partial charge on any atom is 0.343 e. The Morgan fingerprint density at radius 3 is 2.76 bits per heavy atom. The van der Waals surface area contributed by atoms with Crippen LogP contribution in [0.25, 0.3) is 11.5 Å². The molecule has 0 saturated heterocycles. The molecular weight excluding hydrogens is 440 g/mol. The minimum absolute atomic E-state index is 0.176. The lowest BCUT2D eigenvalue weighted by Crippen LogP contribution is -2.13. The number of aromatic nitrogens is 6. The van der Waals surface area contributed by atoms with E-state index in [1.807, 2.05) is 13.2 Å². The van der Waals surface area contributed by atoms with Crippen molar-refractivity contribution in [3.63, 3.8) is 0 Å². The molecule has 2 N–H and O–H groups in total. The van der Waals surface area contributed by atoms with Crippen LogP contribution in [0.3, 0.4) is 0 Å². The number of anilines is 3. The molecule has 3 heterocycles. The van der Waals surface area contributed by atoms with Crippen LogP contribution < -0.4 is 15.4 Å². The molecule has 0 bridgehead atoms. The average Bonchev–Trinajstić information content (AvgIpc) is 3.45. The number of rotatable bonds is 9. The molecule has 0 aliphatic carbocycles. The van der Waals surface area contributed by atoms with E-state index in [0.717, 1.165) is 5.56 Å². The number of nitrogens with zero attached hydrogens (tertiary/aromatic N) is 6. The van der Waals surface area contributed by atoms with Crippen LogP contribution in [-0.4, -0.2) is 49.6 Å². The molecule has 3 aromatic heterocycles. The summed E-state index contributed by atoms with van der Waals surface area (Å²) in [6.45, 7) is 4.11. The number of hydrogen-bond acceptors (Lipinski definition) is 11. The van der Waals surface area contributed by atoms with Crippen molar-refractivity contribution < 1.29 is 18.7 Å². The van der Waals surface area contributed by atoms with Gasteiger partial charge in [0.05, 0.1) is 31.2 Å². The molecule has 0 atom stereocenters. The Morgan fingerprint density at radius 1 is 1.24 bits per heavy atom. The van der Waals surface area contributed by atoms with Crippen molar-refractivity contribution in [2.24, 2.45) is 7.05 Å². The van der Waals surface area contributed by atoms with Gasteiger partial charge in [0.1, 0.15) is 5.56 Å². The second-order valence-corrected chi connectivity index (χ2v) is 7.19. The van der Waals surface area contributed by atoms with Crippen LogP contribution in [0.1, 0.15) is 28.7 Å². The number of esters is 1. The molecule has 0 unspecified atom stereocenters. The lowest BCUT2D eigenvalue weighted by molar-refractivity contribution is 0.0526. The average molecular weight is 464 g/mol. The van der Waals surface area contributed by atoms with Gasteiger partial charge < -0.3 is 24.5 Å². The van der Waals surface area contributed by atoms with Gasteiger partial charge in [-0.15, -0.1) is 10.2 Å². The van der Waals surface area contributed by atoms with Gasteiger partial charge in [-0.25, -0.2) is 9.78 Å². The first-order valence-electron chi connectivity index (χ1n) is 10.5. The van der Waals surface area contributed by atoms with Crippen molar-refractivity contribution in [3.8, 4) is 17.2 Å². The molecule has 0 amide bonds. The van der Waals surface area contributed by atoms with Crippen LogP contribution in [0, 0.1) is 6.92 Å². The van der Waals surface area contributed by atoms with Crippen LogP contribution in [0.15, 0.2) is 41.2 Å². The molecule has 12 nitrogen and oxygen atoms in total. The highest BCUT2D eigenvalue weighted by molar-refractivity contribution is 5.95. The molecule has 0 fully saturated rings. The second-order valence-electron chi connectivity index (χ2n) is 7.19. The van der Waals surface area contributed by atoms with Gasteiger partial charge in [-0.2, -0.15) is 10.1 Å². The van der Waals surface area contributed by atoms with Gasteiger partial charge in [0.25, 0.3) is 5.89 Å². The zero-order valence-electron chi connectivity index (χ0n) is 19.2. The maximum atomic E-state index is 12.6. The van der Waals surface area contributed by atoms with Gasteiger partial charge in [-0.05, 0) is 19.1 Å². The third kappa shape index (κ3) is 4.95. The number of para-hydroxylation sites is 1. The first kappa shape index (κ1) is 22.7. The number of carbonyl (C=O) groups is 1. The number of ether oxygens (including phenoxy) is 2. The zero-order chi connectivity index (χ0) is 24.1. The fourth-order valence-corrected chi connectivity index (χ4v) is 3.22. The molecule has 34 heavy (non-hydrogen) atoms. The molecule has 0 spiro atoms. The summed E-state index contributed by atoms with van der Waals surface area (Å²) in [4.78, 5) is 21.3. The van der Waals surface area contributed by atoms with Crippen LogP contribution in [-0.2, 0) is 18.3 Å². The van der Waals surface area contributed by atoms with Gasteiger partial charge >= 0.3 is 5.97 Å². The van der Waals surface area contributed by atoms with Crippen LogP contribution in [0.4, 0.5) is 17.5 Å². The van der Waals surface area contributed by atoms with Gasteiger partial charge in [-0.1, -0.05) is 6.07 Å². The Labute approximate surface area is 195 Å². The van der Waals surface area contributed by atoms with Crippen LogP contribution in [0.2, 0.25) is 0 Å². The SMILES string of the molecule is CCOC(=O)c1cnc(NCc2cnn(C)c2)nc1Nc1cccc(-c2nnc(C)o2)c1OC. The lowest BCUT2D eigenvalue weighted by atomic mass is 10.1. The van der Waals surface area contributed by atoms with Crippen LogP contribution >= 0.6 is 0 Å². The van der Waals surface area contributed by atoms with Crippen LogP contribution in [0.5, 0.6) is 5.75 Å². The summed E-state index contributed by atoms with van der Waals surface area (Å²) in [5.41, 5.74) is 2.27. The predicted molar refractivity (Wildman–Crippen MR) is 123 cm³/mol. The summed E-state index contributed by atoms with van der Waals surface area (Å²) in [5.74, 6) is 1.21. The predicted octanol–water partition coefficient (Wildman–Crippen LogP) is 3.11. The second kappa shape index (κ2) is 9.98. The van der Waals surface area contributed by atoms with E-state index in [0.29, 0.717) is 41.3 Å².